The number of amides is 2. The lowest BCUT2D eigenvalue weighted by Gasteiger charge is -2.23. The summed E-state index contributed by atoms with van der Waals surface area (Å²) >= 11 is 1.52. The molecule has 5 nitrogen and oxygen atoms in total. The van der Waals surface area contributed by atoms with Gasteiger partial charge in [0.25, 0.3) is 0 Å². The molecule has 2 aliphatic heterocycles. The van der Waals surface area contributed by atoms with E-state index in [9.17, 15) is 9.59 Å². The highest BCUT2D eigenvalue weighted by Gasteiger charge is 2.21. The summed E-state index contributed by atoms with van der Waals surface area (Å²) in [6.07, 6.45) is 3.09. The zero-order valence-corrected chi connectivity index (χ0v) is 11.9. The molecule has 3 N–H and O–H groups in total. The van der Waals surface area contributed by atoms with Crippen LogP contribution >= 0.6 is 11.8 Å². The Morgan fingerprint density at radius 1 is 1.35 bits per heavy atom. The fraction of sp³-hybridized carbons (Fsp3) is 0.429. The van der Waals surface area contributed by atoms with Gasteiger partial charge in [-0.2, -0.15) is 0 Å². The molecule has 0 aliphatic carbocycles. The van der Waals surface area contributed by atoms with Crippen molar-refractivity contribution in [3.05, 3.63) is 18.2 Å². The standard InChI is InChI=1S/C14H17N3O2S/c18-13-8-20-12-5-4-9(7-11(12)17-13)16-14(19)10-3-1-2-6-15-10/h4-5,7,10,15H,1-3,6,8H2,(H,16,19)(H,17,18)/t10-/m0/s1. The molecule has 106 valence electrons. The third-order valence-electron chi connectivity index (χ3n) is 3.51. The molecule has 3 rings (SSSR count). The summed E-state index contributed by atoms with van der Waals surface area (Å²) in [4.78, 5) is 24.6. The molecule has 1 aromatic carbocycles. The Bertz CT molecular complexity index is 541. The van der Waals surface area contributed by atoms with Gasteiger partial charge in [0, 0.05) is 10.6 Å². The van der Waals surface area contributed by atoms with Crippen molar-refractivity contribution in [1.82, 2.24) is 5.32 Å². The van der Waals surface area contributed by atoms with Crippen LogP contribution in [0.3, 0.4) is 0 Å². The lowest BCUT2D eigenvalue weighted by Crippen LogP contribution is -2.43. The second-order valence-electron chi connectivity index (χ2n) is 5.04. The topological polar surface area (TPSA) is 70.2 Å². The van der Waals surface area contributed by atoms with Gasteiger partial charge in [-0.25, -0.2) is 0 Å². The molecule has 1 atom stereocenters. The third-order valence-corrected chi connectivity index (χ3v) is 4.58. The van der Waals surface area contributed by atoms with Crippen molar-refractivity contribution in [3.63, 3.8) is 0 Å². The molecule has 1 aromatic rings. The molecule has 2 aliphatic rings. The number of nitrogens with one attached hydrogen (secondary N) is 3. The van der Waals surface area contributed by atoms with Crippen molar-refractivity contribution in [2.75, 3.05) is 22.9 Å². The number of fused-ring (bicyclic) bond motifs is 1. The Balaban J connectivity index is 1.69. The Morgan fingerprint density at radius 3 is 3.05 bits per heavy atom. The molecule has 20 heavy (non-hydrogen) atoms. The van der Waals surface area contributed by atoms with Crippen LogP contribution in [-0.2, 0) is 9.59 Å². The first-order valence-corrected chi connectivity index (χ1v) is 7.82. The molecule has 0 aromatic heterocycles. The molecule has 0 saturated carbocycles. The Hall–Kier alpha value is -1.53. The third kappa shape index (κ3) is 2.96. The van der Waals surface area contributed by atoms with Crippen molar-refractivity contribution in [3.8, 4) is 0 Å². The van der Waals surface area contributed by atoms with Gasteiger partial charge >= 0.3 is 0 Å². The summed E-state index contributed by atoms with van der Waals surface area (Å²) in [5.41, 5.74) is 1.50. The molecule has 2 heterocycles. The second kappa shape index (κ2) is 5.85. The minimum atomic E-state index is -0.108. The van der Waals surface area contributed by atoms with E-state index < -0.39 is 0 Å². The predicted molar refractivity (Wildman–Crippen MR) is 80.1 cm³/mol. The van der Waals surface area contributed by atoms with Crippen LogP contribution in [0.25, 0.3) is 0 Å². The van der Waals surface area contributed by atoms with E-state index in [1.165, 1.54) is 11.8 Å². The number of hydrogen-bond donors (Lipinski definition) is 3. The fourth-order valence-corrected chi connectivity index (χ4v) is 3.25. The summed E-state index contributed by atoms with van der Waals surface area (Å²) < 4.78 is 0. The largest absolute Gasteiger partial charge is 0.325 e. The average Bonchev–Trinajstić information content (AvgIpc) is 2.47. The molecule has 0 bridgehead atoms. The van der Waals surface area contributed by atoms with Crippen LogP contribution in [-0.4, -0.2) is 30.2 Å². The summed E-state index contributed by atoms with van der Waals surface area (Å²) in [5, 5.41) is 8.96. The summed E-state index contributed by atoms with van der Waals surface area (Å²) in [5.74, 6) is 0.449. The average molecular weight is 291 g/mol. The first-order valence-electron chi connectivity index (χ1n) is 6.83. The number of rotatable bonds is 2. The van der Waals surface area contributed by atoms with E-state index in [1.807, 2.05) is 18.2 Å². The minimum absolute atomic E-state index is 0.0000706. The SMILES string of the molecule is O=C1CSc2ccc(NC(=O)[C@@H]3CCCCN3)cc2N1. The summed E-state index contributed by atoms with van der Waals surface area (Å²) in [7, 11) is 0. The van der Waals surface area contributed by atoms with Crippen molar-refractivity contribution in [2.45, 2.75) is 30.2 Å². The van der Waals surface area contributed by atoms with Crippen molar-refractivity contribution in [2.24, 2.45) is 0 Å². The van der Waals surface area contributed by atoms with Crippen molar-refractivity contribution in [1.29, 1.82) is 0 Å². The van der Waals surface area contributed by atoms with Gasteiger partial charge < -0.3 is 16.0 Å². The number of benzene rings is 1. The van der Waals surface area contributed by atoms with Gasteiger partial charge in [-0.1, -0.05) is 6.42 Å². The molecular weight excluding hydrogens is 274 g/mol. The highest BCUT2D eigenvalue weighted by molar-refractivity contribution is 8.00. The maximum absolute atomic E-state index is 12.1. The van der Waals surface area contributed by atoms with Gasteiger partial charge in [-0.15, -0.1) is 11.8 Å². The zero-order chi connectivity index (χ0) is 13.9. The van der Waals surface area contributed by atoms with Gasteiger partial charge in [0.1, 0.15) is 0 Å². The van der Waals surface area contributed by atoms with Crippen LogP contribution in [0.15, 0.2) is 23.1 Å². The van der Waals surface area contributed by atoms with Crippen LogP contribution in [0, 0.1) is 0 Å². The lowest BCUT2D eigenvalue weighted by atomic mass is 10.0. The van der Waals surface area contributed by atoms with Crippen LogP contribution in [0.5, 0.6) is 0 Å². The molecule has 6 heteroatoms. The zero-order valence-electron chi connectivity index (χ0n) is 11.1. The van der Waals surface area contributed by atoms with Gasteiger partial charge in [-0.3, -0.25) is 9.59 Å². The van der Waals surface area contributed by atoms with E-state index in [2.05, 4.69) is 16.0 Å². The number of piperidine rings is 1. The highest BCUT2D eigenvalue weighted by Crippen LogP contribution is 2.33. The van der Waals surface area contributed by atoms with Gasteiger partial charge in [0.15, 0.2) is 0 Å². The van der Waals surface area contributed by atoms with Crippen LogP contribution < -0.4 is 16.0 Å². The van der Waals surface area contributed by atoms with Crippen LogP contribution in [0.1, 0.15) is 19.3 Å². The number of anilines is 2. The van der Waals surface area contributed by atoms with E-state index in [0.717, 1.165) is 42.1 Å². The van der Waals surface area contributed by atoms with Crippen LogP contribution in [0.2, 0.25) is 0 Å². The monoisotopic (exact) mass is 291 g/mol. The lowest BCUT2D eigenvalue weighted by molar-refractivity contribution is -0.118. The minimum Gasteiger partial charge on any atom is -0.325 e. The molecule has 0 unspecified atom stereocenters. The maximum Gasteiger partial charge on any atom is 0.241 e. The summed E-state index contributed by atoms with van der Waals surface area (Å²) in [6, 6.07) is 5.52. The quantitative estimate of drug-likeness (QED) is 0.777. The number of hydrogen-bond acceptors (Lipinski definition) is 4. The van der Waals surface area contributed by atoms with E-state index in [1.54, 1.807) is 0 Å². The predicted octanol–water partition coefficient (Wildman–Crippen LogP) is 1.81. The van der Waals surface area contributed by atoms with Crippen LogP contribution in [0.4, 0.5) is 11.4 Å². The number of thioether (sulfide) groups is 1. The van der Waals surface area contributed by atoms with E-state index >= 15 is 0 Å². The molecule has 0 radical (unpaired) electrons. The van der Waals surface area contributed by atoms with Gasteiger partial charge in [0.2, 0.25) is 11.8 Å². The molecule has 1 fully saturated rings. The number of carbonyl (C=O) groups excluding carboxylic acids is 2. The first-order chi connectivity index (χ1) is 9.72. The van der Waals surface area contributed by atoms with E-state index in [4.69, 9.17) is 0 Å². The van der Waals surface area contributed by atoms with Gasteiger partial charge in [0.05, 0.1) is 17.5 Å². The molecule has 2 amide bonds. The molecule has 1 saturated heterocycles. The Morgan fingerprint density at radius 2 is 2.25 bits per heavy atom. The summed E-state index contributed by atoms with van der Waals surface area (Å²) in [6.45, 7) is 0.898. The normalized spacial score (nSPS) is 21.8. The smallest absolute Gasteiger partial charge is 0.241 e. The fourth-order valence-electron chi connectivity index (χ4n) is 2.47. The van der Waals surface area contributed by atoms with Gasteiger partial charge in [-0.05, 0) is 37.6 Å². The Labute approximate surface area is 121 Å². The number of carbonyl (C=O) groups is 2. The second-order valence-corrected chi connectivity index (χ2v) is 6.06. The Kier molecular flexibility index (Phi) is 3.93. The molecular formula is C14H17N3O2S. The van der Waals surface area contributed by atoms with Crippen molar-refractivity contribution < 1.29 is 9.59 Å². The van der Waals surface area contributed by atoms with E-state index in [0.29, 0.717) is 5.75 Å². The molecule has 0 spiro atoms. The highest BCUT2D eigenvalue weighted by atomic mass is 32.2. The maximum atomic E-state index is 12.1. The van der Waals surface area contributed by atoms with E-state index in [-0.39, 0.29) is 17.9 Å². The van der Waals surface area contributed by atoms with Crippen molar-refractivity contribution >= 4 is 35.0 Å². The first kappa shape index (κ1) is 13.5.